The molecule has 0 aliphatic carbocycles. The van der Waals surface area contributed by atoms with Gasteiger partial charge in [0.1, 0.15) is 5.82 Å². The molecule has 5 heteroatoms. The monoisotopic (exact) mass is 330 g/mol. The number of hydrogen-bond donors (Lipinski definition) is 1. The fourth-order valence-electron chi connectivity index (χ4n) is 3.47. The van der Waals surface area contributed by atoms with Crippen molar-refractivity contribution in [3.63, 3.8) is 0 Å². The first-order valence-corrected chi connectivity index (χ1v) is 8.87. The van der Waals surface area contributed by atoms with Crippen molar-refractivity contribution in [1.82, 2.24) is 20.0 Å². The Bertz CT molecular complexity index is 667. The number of aryl methyl sites for hydroxylation is 1. The maximum absolute atomic E-state index is 13.8. The number of likely N-dealkylation sites (tertiary alicyclic amines) is 1. The van der Waals surface area contributed by atoms with Crippen molar-refractivity contribution < 1.29 is 4.39 Å². The van der Waals surface area contributed by atoms with Gasteiger partial charge in [-0.3, -0.25) is 9.58 Å². The third-order valence-electron chi connectivity index (χ3n) is 4.94. The van der Waals surface area contributed by atoms with Crippen LogP contribution in [0.5, 0.6) is 0 Å². The summed E-state index contributed by atoms with van der Waals surface area (Å²) in [7, 11) is 0. The highest BCUT2D eigenvalue weighted by Crippen LogP contribution is 2.16. The van der Waals surface area contributed by atoms with Gasteiger partial charge < -0.3 is 5.32 Å². The Morgan fingerprint density at radius 3 is 2.88 bits per heavy atom. The number of aromatic nitrogens is 2. The molecule has 1 fully saturated rings. The van der Waals surface area contributed by atoms with Crippen LogP contribution in [0.15, 0.2) is 30.5 Å². The minimum Gasteiger partial charge on any atom is -0.309 e. The van der Waals surface area contributed by atoms with Crippen molar-refractivity contribution in [2.75, 3.05) is 13.1 Å². The van der Waals surface area contributed by atoms with Gasteiger partial charge in [-0.15, -0.1) is 0 Å². The molecule has 0 spiro atoms. The molecule has 0 bridgehead atoms. The summed E-state index contributed by atoms with van der Waals surface area (Å²) in [5.74, 6) is -0.102. The van der Waals surface area contributed by atoms with Crippen molar-refractivity contribution in [3.8, 4) is 0 Å². The lowest BCUT2D eigenvalue weighted by Gasteiger charge is -2.33. The zero-order valence-corrected chi connectivity index (χ0v) is 14.6. The Labute approximate surface area is 143 Å². The number of piperidine rings is 1. The quantitative estimate of drug-likeness (QED) is 0.883. The minimum absolute atomic E-state index is 0.102. The smallest absolute Gasteiger partial charge is 0.127 e. The minimum atomic E-state index is -0.102. The molecule has 1 N–H and O–H groups in total. The van der Waals surface area contributed by atoms with Gasteiger partial charge in [-0.05, 0) is 39.3 Å². The number of halogens is 1. The highest BCUT2D eigenvalue weighted by Gasteiger charge is 2.20. The van der Waals surface area contributed by atoms with Crippen LogP contribution in [0.1, 0.15) is 36.6 Å². The molecule has 1 aromatic heterocycles. The van der Waals surface area contributed by atoms with E-state index in [1.165, 1.54) is 17.7 Å². The van der Waals surface area contributed by atoms with Crippen LogP contribution >= 0.6 is 0 Å². The van der Waals surface area contributed by atoms with Crippen LogP contribution in [0.25, 0.3) is 0 Å². The van der Waals surface area contributed by atoms with Gasteiger partial charge >= 0.3 is 0 Å². The summed E-state index contributed by atoms with van der Waals surface area (Å²) in [6.45, 7) is 8.69. The molecule has 1 atom stereocenters. The van der Waals surface area contributed by atoms with E-state index >= 15 is 0 Å². The number of hydrogen-bond acceptors (Lipinski definition) is 3. The van der Waals surface area contributed by atoms with Crippen LogP contribution in [-0.4, -0.2) is 33.8 Å². The molecule has 3 rings (SSSR count). The number of nitrogens with zero attached hydrogens (tertiary/aromatic N) is 3. The van der Waals surface area contributed by atoms with Crippen molar-refractivity contribution in [2.45, 2.75) is 52.4 Å². The predicted molar refractivity (Wildman–Crippen MR) is 94.2 cm³/mol. The van der Waals surface area contributed by atoms with E-state index < -0.39 is 0 Å². The number of nitrogens with one attached hydrogen (secondary N) is 1. The van der Waals surface area contributed by atoms with Gasteiger partial charge in [0.05, 0.1) is 6.20 Å². The molecule has 4 nitrogen and oxygen atoms in total. The Hall–Kier alpha value is -1.72. The summed E-state index contributed by atoms with van der Waals surface area (Å²) in [4.78, 5) is 2.35. The molecule has 2 aromatic rings. The first kappa shape index (κ1) is 17.1. The van der Waals surface area contributed by atoms with Crippen LogP contribution in [-0.2, 0) is 19.6 Å². The molecular weight excluding hydrogens is 303 g/mol. The molecule has 0 amide bonds. The van der Waals surface area contributed by atoms with E-state index in [9.17, 15) is 4.39 Å². The first-order chi connectivity index (χ1) is 11.7. The fourth-order valence-corrected chi connectivity index (χ4v) is 3.47. The maximum Gasteiger partial charge on any atom is 0.127 e. The van der Waals surface area contributed by atoms with Gasteiger partial charge in [0.25, 0.3) is 0 Å². The topological polar surface area (TPSA) is 33.1 Å². The van der Waals surface area contributed by atoms with E-state index in [0.717, 1.165) is 38.2 Å². The summed E-state index contributed by atoms with van der Waals surface area (Å²) >= 11 is 0. The molecule has 24 heavy (non-hydrogen) atoms. The molecule has 1 aromatic carbocycles. The highest BCUT2D eigenvalue weighted by atomic mass is 19.1. The highest BCUT2D eigenvalue weighted by molar-refractivity contribution is 5.17. The average Bonchev–Trinajstić information content (AvgIpc) is 2.95. The Morgan fingerprint density at radius 2 is 2.12 bits per heavy atom. The second-order valence-electron chi connectivity index (χ2n) is 6.62. The van der Waals surface area contributed by atoms with Crippen molar-refractivity contribution in [2.24, 2.45) is 0 Å². The Kier molecular flexibility index (Phi) is 5.63. The lowest BCUT2D eigenvalue weighted by atomic mass is 10.0. The van der Waals surface area contributed by atoms with Crippen LogP contribution < -0.4 is 5.32 Å². The standard InChI is InChI=1S/C19H27FN4/c1-3-24-15(2)17(12-22-24)11-21-18-8-6-10-23(14-18)13-16-7-4-5-9-19(16)20/h4-5,7,9,12,18,21H,3,6,8,10-11,13-14H2,1-2H3/t18-/m0/s1. The molecular formula is C19H27FN4. The molecule has 130 valence electrons. The second-order valence-corrected chi connectivity index (χ2v) is 6.62. The van der Waals surface area contributed by atoms with E-state index in [2.05, 4.69) is 29.2 Å². The first-order valence-electron chi connectivity index (χ1n) is 8.87. The van der Waals surface area contributed by atoms with E-state index in [1.807, 2.05) is 23.0 Å². The SMILES string of the molecule is CCn1ncc(CN[C@H]2CCCN(Cc3ccccc3F)C2)c1C. The third kappa shape index (κ3) is 4.02. The number of rotatable bonds is 6. The van der Waals surface area contributed by atoms with E-state index in [1.54, 1.807) is 12.1 Å². The van der Waals surface area contributed by atoms with Crippen LogP contribution in [0.3, 0.4) is 0 Å². The summed E-state index contributed by atoms with van der Waals surface area (Å²) < 4.78 is 15.9. The van der Waals surface area contributed by atoms with Crippen LogP contribution in [0.4, 0.5) is 4.39 Å². The molecule has 0 radical (unpaired) electrons. The van der Waals surface area contributed by atoms with E-state index in [-0.39, 0.29) is 5.82 Å². The predicted octanol–water partition coefficient (Wildman–Crippen LogP) is 3.10. The molecule has 1 aliphatic rings. The molecule has 1 aliphatic heterocycles. The van der Waals surface area contributed by atoms with Crippen molar-refractivity contribution in [1.29, 1.82) is 0 Å². The van der Waals surface area contributed by atoms with Crippen LogP contribution in [0, 0.1) is 12.7 Å². The summed E-state index contributed by atoms with van der Waals surface area (Å²) in [5.41, 5.74) is 3.30. The third-order valence-corrected chi connectivity index (χ3v) is 4.94. The molecule has 2 heterocycles. The molecule has 0 unspecified atom stereocenters. The van der Waals surface area contributed by atoms with E-state index in [4.69, 9.17) is 0 Å². The van der Waals surface area contributed by atoms with Crippen LogP contribution in [0.2, 0.25) is 0 Å². The Balaban J connectivity index is 1.54. The zero-order valence-electron chi connectivity index (χ0n) is 14.6. The normalized spacial score (nSPS) is 18.9. The fraction of sp³-hybridized carbons (Fsp3) is 0.526. The van der Waals surface area contributed by atoms with Gasteiger partial charge in [0.15, 0.2) is 0 Å². The lowest BCUT2D eigenvalue weighted by molar-refractivity contribution is 0.181. The molecule has 0 saturated carbocycles. The number of benzene rings is 1. The lowest BCUT2D eigenvalue weighted by Crippen LogP contribution is -2.45. The van der Waals surface area contributed by atoms with Gasteiger partial charge in [0.2, 0.25) is 0 Å². The summed E-state index contributed by atoms with van der Waals surface area (Å²) in [5, 5.41) is 8.06. The summed E-state index contributed by atoms with van der Waals surface area (Å²) in [6.07, 6.45) is 4.29. The van der Waals surface area contributed by atoms with Crippen molar-refractivity contribution in [3.05, 3.63) is 53.1 Å². The average molecular weight is 330 g/mol. The van der Waals surface area contributed by atoms with Gasteiger partial charge in [-0.25, -0.2) is 4.39 Å². The van der Waals surface area contributed by atoms with Gasteiger partial charge in [0, 0.05) is 49.0 Å². The largest absolute Gasteiger partial charge is 0.309 e. The summed E-state index contributed by atoms with van der Waals surface area (Å²) in [6, 6.07) is 7.54. The zero-order chi connectivity index (χ0) is 16.9. The van der Waals surface area contributed by atoms with Gasteiger partial charge in [-0.1, -0.05) is 18.2 Å². The Morgan fingerprint density at radius 1 is 1.29 bits per heavy atom. The maximum atomic E-state index is 13.8. The van der Waals surface area contributed by atoms with E-state index in [0.29, 0.717) is 12.6 Å². The van der Waals surface area contributed by atoms with Crippen molar-refractivity contribution >= 4 is 0 Å². The molecule has 1 saturated heterocycles. The second kappa shape index (κ2) is 7.90. The van der Waals surface area contributed by atoms with Gasteiger partial charge in [-0.2, -0.15) is 5.10 Å².